The molecule has 4 amide bonds. The third-order valence-electron chi connectivity index (χ3n) is 5.48. The van der Waals surface area contributed by atoms with Gasteiger partial charge in [-0.25, -0.2) is 4.79 Å². The van der Waals surface area contributed by atoms with Crippen LogP contribution in [0.2, 0.25) is 0 Å². The van der Waals surface area contributed by atoms with Crippen molar-refractivity contribution < 1.29 is 23.9 Å². The van der Waals surface area contributed by atoms with Crippen LogP contribution in [-0.4, -0.2) is 97.0 Å². The molecule has 0 atom stereocenters. The fourth-order valence-electron chi connectivity index (χ4n) is 3.88. The number of amides is 4. The van der Waals surface area contributed by atoms with E-state index in [2.05, 4.69) is 4.90 Å². The first kappa shape index (κ1) is 19.5. The standard InChI is InChI=1S/C20H26N4O5/c1-21-13-19(26)24(20(21)27)14-18(25)23-6-2-5-22(7-8-23)12-15-3-4-16-17(11-15)29-10-9-28-16/h3-4,11H,2,5-10,12-14H2,1H3. The molecule has 3 aliphatic rings. The zero-order chi connectivity index (χ0) is 20.4. The molecule has 9 nitrogen and oxygen atoms in total. The molecule has 0 unspecified atom stereocenters. The van der Waals surface area contributed by atoms with E-state index in [9.17, 15) is 14.4 Å². The van der Waals surface area contributed by atoms with Gasteiger partial charge < -0.3 is 19.3 Å². The van der Waals surface area contributed by atoms with Gasteiger partial charge in [0.2, 0.25) is 5.91 Å². The Morgan fingerprint density at radius 2 is 1.83 bits per heavy atom. The molecule has 0 radical (unpaired) electrons. The zero-order valence-electron chi connectivity index (χ0n) is 16.6. The SMILES string of the molecule is CN1CC(=O)N(CC(=O)N2CCCN(Cc3ccc4c(c3)OCCO4)CC2)C1=O. The molecule has 1 aromatic rings. The molecule has 3 aliphatic heterocycles. The predicted molar refractivity (Wildman–Crippen MR) is 104 cm³/mol. The Balaban J connectivity index is 1.32. The molecule has 4 rings (SSSR count). The Kier molecular flexibility index (Phi) is 5.57. The minimum Gasteiger partial charge on any atom is -0.486 e. The van der Waals surface area contributed by atoms with Crippen LogP contribution in [0.5, 0.6) is 11.5 Å². The van der Waals surface area contributed by atoms with E-state index in [4.69, 9.17) is 9.47 Å². The highest BCUT2D eigenvalue weighted by Crippen LogP contribution is 2.31. The van der Waals surface area contributed by atoms with Gasteiger partial charge >= 0.3 is 6.03 Å². The lowest BCUT2D eigenvalue weighted by atomic mass is 10.1. The zero-order valence-corrected chi connectivity index (χ0v) is 16.6. The molecule has 0 saturated carbocycles. The van der Waals surface area contributed by atoms with Gasteiger partial charge in [-0.2, -0.15) is 0 Å². The van der Waals surface area contributed by atoms with Gasteiger partial charge in [0, 0.05) is 39.8 Å². The second-order valence-electron chi connectivity index (χ2n) is 7.61. The van der Waals surface area contributed by atoms with Gasteiger partial charge in [-0.1, -0.05) is 6.07 Å². The van der Waals surface area contributed by atoms with Gasteiger partial charge in [-0.15, -0.1) is 0 Å². The average molecular weight is 402 g/mol. The van der Waals surface area contributed by atoms with Gasteiger partial charge in [-0.3, -0.25) is 19.4 Å². The van der Waals surface area contributed by atoms with Crippen LogP contribution in [0.25, 0.3) is 0 Å². The van der Waals surface area contributed by atoms with Gasteiger partial charge in [0.05, 0.1) is 0 Å². The Morgan fingerprint density at radius 3 is 2.59 bits per heavy atom. The molecule has 1 aromatic carbocycles. The molecule has 0 aliphatic carbocycles. The Bertz CT molecular complexity index is 814. The van der Waals surface area contributed by atoms with Gasteiger partial charge in [0.1, 0.15) is 26.3 Å². The van der Waals surface area contributed by atoms with Crippen LogP contribution in [0.3, 0.4) is 0 Å². The second kappa shape index (κ2) is 8.28. The van der Waals surface area contributed by atoms with E-state index in [0.29, 0.717) is 26.3 Å². The summed E-state index contributed by atoms with van der Waals surface area (Å²) in [6.45, 7) is 4.59. The summed E-state index contributed by atoms with van der Waals surface area (Å²) in [5.74, 6) is 1.07. The van der Waals surface area contributed by atoms with E-state index in [-0.39, 0.29) is 24.9 Å². The smallest absolute Gasteiger partial charge is 0.327 e. The first-order valence-electron chi connectivity index (χ1n) is 9.95. The molecule has 0 N–H and O–H groups in total. The highest BCUT2D eigenvalue weighted by atomic mass is 16.6. The predicted octanol–water partition coefficient (Wildman–Crippen LogP) is 0.386. The Morgan fingerprint density at radius 1 is 1.03 bits per heavy atom. The number of rotatable bonds is 4. The fourth-order valence-corrected chi connectivity index (χ4v) is 3.88. The van der Waals surface area contributed by atoms with Crippen LogP contribution < -0.4 is 9.47 Å². The van der Waals surface area contributed by atoms with E-state index in [1.54, 1.807) is 11.9 Å². The summed E-state index contributed by atoms with van der Waals surface area (Å²) in [5.41, 5.74) is 1.14. The van der Waals surface area contributed by atoms with Crippen LogP contribution in [0.4, 0.5) is 4.79 Å². The van der Waals surface area contributed by atoms with E-state index in [1.807, 2.05) is 18.2 Å². The molecule has 2 fully saturated rings. The number of ether oxygens (including phenoxy) is 2. The molecule has 3 heterocycles. The van der Waals surface area contributed by atoms with Crippen molar-refractivity contribution in [1.29, 1.82) is 0 Å². The first-order chi connectivity index (χ1) is 14.0. The lowest BCUT2D eigenvalue weighted by Crippen LogP contribution is -2.44. The third-order valence-corrected chi connectivity index (χ3v) is 5.48. The Hall–Kier alpha value is -2.81. The van der Waals surface area contributed by atoms with E-state index >= 15 is 0 Å². The number of carbonyl (C=O) groups is 3. The average Bonchev–Trinajstić information content (AvgIpc) is 2.89. The minimum absolute atomic E-state index is 0.0371. The van der Waals surface area contributed by atoms with Crippen molar-refractivity contribution in [2.45, 2.75) is 13.0 Å². The summed E-state index contributed by atoms with van der Waals surface area (Å²) in [4.78, 5) is 43.0. The molecular formula is C20H26N4O5. The number of fused-ring (bicyclic) bond motifs is 1. The molecule has 0 spiro atoms. The monoisotopic (exact) mass is 402 g/mol. The minimum atomic E-state index is -0.404. The summed E-state index contributed by atoms with van der Waals surface area (Å²) in [6.07, 6.45) is 0.845. The van der Waals surface area contributed by atoms with Crippen molar-refractivity contribution >= 4 is 17.8 Å². The van der Waals surface area contributed by atoms with Crippen molar-refractivity contribution in [3.05, 3.63) is 23.8 Å². The maximum absolute atomic E-state index is 12.6. The lowest BCUT2D eigenvalue weighted by Gasteiger charge is -2.24. The first-order valence-corrected chi connectivity index (χ1v) is 9.95. The number of likely N-dealkylation sites (N-methyl/N-ethyl adjacent to an activating group) is 1. The van der Waals surface area contributed by atoms with E-state index in [0.717, 1.165) is 48.0 Å². The van der Waals surface area contributed by atoms with Crippen LogP contribution in [0.1, 0.15) is 12.0 Å². The molecule has 0 aromatic heterocycles. The summed E-state index contributed by atoms with van der Waals surface area (Å²) in [7, 11) is 1.56. The topological polar surface area (TPSA) is 82.6 Å². The van der Waals surface area contributed by atoms with Gasteiger partial charge in [0.25, 0.3) is 5.91 Å². The molecule has 0 bridgehead atoms. The van der Waals surface area contributed by atoms with Crippen molar-refractivity contribution in [2.24, 2.45) is 0 Å². The maximum atomic E-state index is 12.6. The quantitative estimate of drug-likeness (QED) is 0.678. The summed E-state index contributed by atoms with van der Waals surface area (Å²) in [6, 6.07) is 5.60. The number of hydrogen-bond donors (Lipinski definition) is 0. The van der Waals surface area contributed by atoms with Crippen molar-refractivity contribution in [3.8, 4) is 11.5 Å². The number of benzene rings is 1. The van der Waals surface area contributed by atoms with E-state index in [1.165, 1.54) is 4.90 Å². The van der Waals surface area contributed by atoms with Gasteiger partial charge in [0.15, 0.2) is 11.5 Å². The molecular weight excluding hydrogens is 376 g/mol. The van der Waals surface area contributed by atoms with Crippen molar-refractivity contribution in [3.63, 3.8) is 0 Å². The number of nitrogens with zero attached hydrogens (tertiary/aromatic N) is 4. The number of carbonyl (C=O) groups excluding carboxylic acids is 3. The van der Waals surface area contributed by atoms with Crippen molar-refractivity contribution in [2.75, 3.05) is 59.5 Å². The maximum Gasteiger partial charge on any atom is 0.327 e. The Labute approximate surface area is 169 Å². The number of imide groups is 1. The molecule has 9 heteroatoms. The van der Waals surface area contributed by atoms with Crippen LogP contribution in [0.15, 0.2) is 18.2 Å². The second-order valence-corrected chi connectivity index (χ2v) is 7.61. The summed E-state index contributed by atoms with van der Waals surface area (Å²) < 4.78 is 11.2. The van der Waals surface area contributed by atoms with Crippen LogP contribution in [0, 0.1) is 0 Å². The summed E-state index contributed by atoms with van der Waals surface area (Å²) >= 11 is 0. The van der Waals surface area contributed by atoms with Crippen LogP contribution >= 0.6 is 0 Å². The van der Waals surface area contributed by atoms with E-state index < -0.39 is 6.03 Å². The lowest BCUT2D eigenvalue weighted by molar-refractivity contribution is -0.136. The number of hydrogen-bond acceptors (Lipinski definition) is 6. The highest BCUT2D eigenvalue weighted by Gasteiger charge is 2.35. The molecule has 156 valence electrons. The molecule has 2 saturated heterocycles. The van der Waals surface area contributed by atoms with Crippen molar-refractivity contribution in [1.82, 2.24) is 19.6 Å². The normalized spacial score (nSPS) is 20.2. The number of urea groups is 1. The third kappa shape index (κ3) is 4.29. The fraction of sp³-hybridized carbons (Fsp3) is 0.550. The largest absolute Gasteiger partial charge is 0.486 e. The summed E-state index contributed by atoms with van der Waals surface area (Å²) in [5, 5.41) is 0. The highest BCUT2D eigenvalue weighted by molar-refractivity contribution is 6.04. The van der Waals surface area contributed by atoms with Gasteiger partial charge in [-0.05, 0) is 24.1 Å². The van der Waals surface area contributed by atoms with Crippen LogP contribution in [-0.2, 0) is 16.1 Å². The molecule has 29 heavy (non-hydrogen) atoms.